The molecule has 30 heavy (non-hydrogen) atoms. The number of carbonyl (C=O) groups excluding carboxylic acids is 1. The summed E-state index contributed by atoms with van der Waals surface area (Å²) in [4.78, 5) is 29.6. The minimum absolute atomic E-state index is 0.0671. The Morgan fingerprint density at radius 2 is 2.17 bits per heavy atom. The first-order chi connectivity index (χ1) is 14.1. The summed E-state index contributed by atoms with van der Waals surface area (Å²) in [5, 5.41) is 19.6. The van der Waals surface area contributed by atoms with Crippen molar-refractivity contribution in [1.82, 2.24) is 20.1 Å². The van der Waals surface area contributed by atoms with Gasteiger partial charge in [-0.1, -0.05) is 0 Å². The fraction of sp³-hybridized carbons (Fsp3) is 0.556. The molecule has 0 bridgehead atoms. The molecule has 3 rings (SSSR count). The van der Waals surface area contributed by atoms with Crippen LogP contribution in [0.3, 0.4) is 0 Å². The van der Waals surface area contributed by atoms with Gasteiger partial charge in [-0.05, 0) is 26.2 Å². The number of rotatable bonds is 7. The molecule has 12 heteroatoms. The predicted molar refractivity (Wildman–Crippen MR) is 104 cm³/mol. The molecule has 2 atom stereocenters. The highest BCUT2D eigenvalue weighted by Gasteiger charge is 2.36. The number of H-pyrrole nitrogens is 1. The molecule has 1 aliphatic rings. The summed E-state index contributed by atoms with van der Waals surface area (Å²) in [6.07, 6.45) is -3.59. The van der Waals surface area contributed by atoms with Crippen LogP contribution in [0.25, 0.3) is 0 Å². The minimum Gasteiger partial charge on any atom is -0.465 e. The summed E-state index contributed by atoms with van der Waals surface area (Å²) in [5.41, 5.74) is 0.721. The summed E-state index contributed by atoms with van der Waals surface area (Å²) in [6, 6.07) is 1.20. The summed E-state index contributed by atoms with van der Waals surface area (Å²) in [6.45, 7) is 1.33. The van der Waals surface area contributed by atoms with Crippen LogP contribution in [0.2, 0.25) is 0 Å². The Hall–Kier alpha value is -2.63. The Bertz CT molecular complexity index is 898. The van der Waals surface area contributed by atoms with Gasteiger partial charge < -0.3 is 15.3 Å². The van der Waals surface area contributed by atoms with Gasteiger partial charge in [0.05, 0.1) is 12.8 Å². The van der Waals surface area contributed by atoms with Gasteiger partial charge in [0.1, 0.15) is 5.01 Å². The van der Waals surface area contributed by atoms with Crippen molar-refractivity contribution in [2.24, 2.45) is 0 Å². The molecule has 164 valence electrons. The van der Waals surface area contributed by atoms with Crippen molar-refractivity contribution in [1.29, 1.82) is 0 Å². The fourth-order valence-electron chi connectivity index (χ4n) is 3.62. The first kappa shape index (κ1) is 22.1. The molecular weight excluding hydrogens is 423 g/mol. The lowest BCUT2D eigenvalue weighted by molar-refractivity contribution is -0.137. The van der Waals surface area contributed by atoms with Crippen LogP contribution in [-0.2, 0) is 11.2 Å². The largest absolute Gasteiger partial charge is 0.465 e. The van der Waals surface area contributed by atoms with Crippen LogP contribution in [0, 0.1) is 6.92 Å². The van der Waals surface area contributed by atoms with Gasteiger partial charge in [-0.2, -0.15) is 18.3 Å². The average Bonchev–Trinajstić information content (AvgIpc) is 3.35. The quantitative estimate of drug-likeness (QED) is 0.598. The van der Waals surface area contributed by atoms with E-state index in [0.717, 1.165) is 15.5 Å². The minimum atomic E-state index is -4.40. The Morgan fingerprint density at radius 1 is 1.40 bits per heavy atom. The molecular formula is C18H22F3N5O3S. The Morgan fingerprint density at radius 3 is 2.80 bits per heavy atom. The van der Waals surface area contributed by atoms with Crippen molar-refractivity contribution in [3.8, 4) is 0 Å². The maximum Gasteiger partial charge on any atom is 0.407 e. The van der Waals surface area contributed by atoms with E-state index < -0.39 is 31.3 Å². The van der Waals surface area contributed by atoms with Gasteiger partial charge in [-0.15, -0.1) is 11.3 Å². The number of hydrogen-bond acceptors (Lipinski definition) is 5. The zero-order chi connectivity index (χ0) is 21.9. The maximum atomic E-state index is 12.5. The van der Waals surface area contributed by atoms with E-state index in [9.17, 15) is 27.9 Å². The van der Waals surface area contributed by atoms with Crippen molar-refractivity contribution >= 4 is 29.2 Å². The van der Waals surface area contributed by atoms with Gasteiger partial charge in [-0.3, -0.25) is 9.89 Å². The van der Waals surface area contributed by atoms with E-state index in [4.69, 9.17) is 0 Å². The van der Waals surface area contributed by atoms with Crippen molar-refractivity contribution < 1.29 is 27.9 Å². The molecule has 0 aromatic carbocycles. The third-order valence-corrected chi connectivity index (χ3v) is 5.93. The van der Waals surface area contributed by atoms with Crippen LogP contribution in [-0.4, -0.2) is 56.0 Å². The van der Waals surface area contributed by atoms with Crippen molar-refractivity contribution in [3.05, 3.63) is 27.8 Å². The van der Waals surface area contributed by atoms with Gasteiger partial charge >= 0.3 is 12.3 Å². The molecule has 0 radical (unpaired) electrons. The molecule has 0 unspecified atom stereocenters. The lowest BCUT2D eigenvalue weighted by Crippen LogP contribution is -2.40. The highest BCUT2D eigenvalue weighted by Crippen LogP contribution is 2.37. The number of aromatic amines is 1. The molecule has 3 N–H and O–H groups in total. The fourth-order valence-corrected chi connectivity index (χ4v) is 4.41. The van der Waals surface area contributed by atoms with E-state index in [2.05, 4.69) is 20.5 Å². The topological polar surface area (TPSA) is 111 Å². The van der Waals surface area contributed by atoms with Gasteiger partial charge in [0.15, 0.2) is 5.82 Å². The summed E-state index contributed by atoms with van der Waals surface area (Å²) in [7, 11) is 0. The van der Waals surface area contributed by atoms with Crippen molar-refractivity contribution in [3.63, 3.8) is 0 Å². The van der Waals surface area contributed by atoms with E-state index in [1.54, 1.807) is 12.3 Å². The third-order valence-electron chi connectivity index (χ3n) is 5.01. The Labute approximate surface area is 174 Å². The number of anilines is 1. The smallest absolute Gasteiger partial charge is 0.407 e. The van der Waals surface area contributed by atoms with Gasteiger partial charge in [0, 0.05) is 41.3 Å². The predicted octanol–water partition coefficient (Wildman–Crippen LogP) is 3.92. The van der Waals surface area contributed by atoms with Crippen LogP contribution in [0.4, 0.5) is 23.8 Å². The van der Waals surface area contributed by atoms with E-state index in [1.807, 2.05) is 6.92 Å². The summed E-state index contributed by atoms with van der Waals surface area (Å²) < 4.78 is 37.4. The van der Waals surface area contributed by atoms with E-state index >= 15 is 0 Å². The number of alkyl halides is 3. The van der Waals surface area contributed by atoms with Crippen LogP contribution >= 0.6 is 11.3 Å². The van der Waals surface area contributed by atoms with Crippen molar-refractivity contribution in [2.75, 3.05) is 11.9 Å². The Kier molecular flexibility index (Phi) is 6.64. The SMILES string of the molecule is Cc1cnc(CC(=O)Nc2cc([C@H]3CC[C@@H](N(CCC(F)(F)F)C(=O)O)C3)[nH]n2)s1. The van der Waals surface area contributed by atoms with E-state index in [0.29, 0.717) is 30.1 Å². The molecule has 1 fully saturated rings. The van der Waals surface area contributed by atoms with Gasteiger partial charge in [0.2, 0.25) is 5.91 Å². The van der Waals surface area contributed by atoms with Crippen LogP contribution in [0.5, 0.6) is 0 Å². The highest BCUT2D eigenvalue weighted by molar-refractivity contribution is 7.11. The van der Waals surface area contributed by atoms with Crippen molar-refractivity contribution in [2.45, 2.75) is 57.2 Å². The normalized spacial score (nSPS) is 19.1. The second kappa shape index (κ2) is 9.02. The lowest BCUT2D eigenvalue weighted by Gasteiger charge is -2.26. The van der Waals surface area contributed by atoms with Crippen LogP contribution < -0.4 is 5.32 Å². The van der Waals surface area contributed by atoms with Gasteiger partial charge in [-0.25, -0.2) is 9.78 Å². The second-order valence-corrected chi connectivity index (χ2v) is 8.62. The van der Waals surface area contributed by atoms with Gasteiger partial charge in [0.25, 0.3) is 0 Å². The summed E-state index contributed by atoms with van der Waals surface area (Å²) in [5.74, 6) is 0.0253. The lowest BCUT2D eigenvalue weighted by atomic mass is 10.0. The number of thiazole rings is 1. The number of amides is 2. The molecule has 2 amide bonds. The first-order valence-corrected chi connectivity index (χ1v) is 10.2. The number of halogens is 3. The molecule has 2 aromatic rings. The maximum absolute atomic E-state index is 12.5. The number of hydrogen-bond donors (Lipinski definition) is 3. The number of carbonyl (C=O) groups is 2. The molecule has 2 aromatic heterocycles. The number of aromatic nitrogens is 3. The number of carboxylic acid groups (broad SMARTS) is 1. The van der Waals surface area contributed by atoms with Crippen LogP contribution in [0.15, 0.2) is 12.3 Å². The molecule has 0 aliphatic heterocycles. The summed E-state index contributed by atoms with van der Waals surface area (Å²) >= 11 is 1.44. The molecule has 2 heterocycles. The number of nitrogens with one attached hydrogen (secondary N) is 2. The van der Waals surface area contributed by atoms with Crippen LogP contribution in [0.1, 0.15) is 47.2 Å². The second-order valence-electron chi connectivity index (χ2n) is 7.30. The molecule has 1 saturated carbocycles. The zero-order valence-corrected chi connectivity index (χ0v) is 17.0. The molecule has 0 spiro atoms. The molecule has 8 nitrogen and oxygen atoms in total. The highest BCUT2D eigenvalue weighted by atomic mass is 32.1. The standard InChI is InChI=1S/C18H22F3N5O3S/c1-10-9-22-16(30-10)8-15(27)23-14-7-13(24-25-14)11-2-3-12(6-11)26(17(28)29)5-4-18(19,20)21/h7,9,11-12H,2-6,8H2,1H3,(H,28,29)(H2,23,24,25,27)/t11-,12+/m0/s1. The molecule has 1 aliphatic carbocycles. The van der Waals surface area contributed by atoms with E-state index in [1.165, 1.54) is 11.3 Å². The average molecular weight is 445 g/mol. The monoisotopic (exact) mass is 445 g/mol. The number of aryl methyl sites for hydroxylation is 1. The Balaban J connectivity index is 1.55. The molecule has 0 saturated heterocycles. The number of nitrogens with zero attached hydrogens (tertiary/aromatic N) is 3. The first-order valence-electron chi connectivity index (χ1n) is 9.43. The third kappa shape index (κ3) is 5.94. The van der Waals surface area contributed by atoms with E-state index in [-0.39, 0.29) is 18.2 Å². The zero-order valence-electron chi connectivity index (χ0n) is 16.2.